The standard InChI is InChI=1S/C25H28N6OS/c1-19-9-11-20(12-10-19)24(25-26-27-28-31(25)18-21-6-5-17-33-21)30-15-13-29(14-16-30)22-7-3-4-8-23(22)32-2/h3-12,17,24H,13-16,18H2,1-2H3. The molecule has 1 unspecified atom stereocenters. The zero-order valence-corrected chi connectivity index (χ0v) is 19.8. The summed E-state index contributed by atoms with van der Waals surface area (Å²) in [7, 11) is 1.73. The van der Waals surface area contributed by atoms with Crippen molar-refractivity contribution in [1.82, 2.24) is 25.1 Å². The molecule has 0 N–H and O–H groups in total. The summed E-state index contributed by atoms with van der Waals surface area (Å²) in [6.45, 7) is 6.44. The van der Waals surface area contributed by atoms with E-state index in [-0.39, 0.29) is 6.04 Å². The van der Waals surface area contributed by atoms with Crippen LogP contribution in [0.1, 0.15) is 27.9 Å². The number of benzene rings is 2. The Bertz CT molecular complexity index is 1170. The van der Waals surface area contributed by atoms with Gasteiger partial charge in [-0.3, -0.25) is 4.90 Å². The van der Waals surface area contributed by atoms with Gasteiger partial charge in [-0.2, -0.15) is 0 Å². The third-order valence-electron chi connectivity index (χ3n) is 6.19. The van der Waals surface area contributed by atoms with E-state index in [1.165, 1.54) is 16.0 Å². The highest BCUT2D eigenvalue weighted by Crippen LogP contribution is 2.32. The number of rotatable bonds is 7. The van der Waals surface area contributed by atoms with E-state index in [1.807, 2.05) is 16.8 Å². The van der Waals surface area contributed by atoms with Crippen molar-refractivity contribution < 1.29 is 4.74 Å². The van der Waals surface area contributed by atoms with Crippen LogP contribution in [-0.4, -0.2) is 58.4 Å². The molecule has 0 aliphatic carbocycles. The number of piperazine rings is 1. The fraction of sp³-hybridized carbons (Fsp3) is 0.320. The molecule has 1 fully saturated rings. The molecule has 0 radical (unpaired) electrons. The van der Waals surface area contributed by atoms with Crippen molar-refractivity contribution in [2.45, 2.75) is 19.5 Å². The van der Waals surface area contributed by atoms with Gasteiger partial charge in [0, 0.05) is 31.1 Å². The van der Waals surface area contributed by atoms with Crippen LogP contribution in [0.15, 0.2) is 66.0 Å². The van der Waals surface area contributed by atoms with Crippen LogP contribution in [0.3, 0.4) is 0 Å². The molecule has 33 heavy (non-hydrogen) atoms. The molecule has 8 heteroatoms. The lowest BCUT2D eigenvalue weighted by Gasteiger charge is -2.40. The lowest BCUT2D eigenvalue weighted by molar-refractivity contribution is 0.201. The Morgan fingerprint density at radius 1 is 0.970 bits per heavy atom. The summed E-state index contributed by atoms with van der Waals surface area (Å²) in [6.07, 6.45) is 0. The Kier molecular flexibility index (Phi) is 6.37. The molecule has 5 rings (SSSR count). The van der Waals surface area contributed by atoms with Gasteiger partial charge in [-0.05, 0) is 46.5 Å². The normalized spacial score (nSPS) is 15.5. The molecular formula is C25H28N6OS. The number of hydrogen-bond acceptors (Lipinski definition) is 7. The number of hydrogen-bond donors (Lipinski definition) is 0. The van der Waals surface area contributed by atoms with E-state index < -0.39 is 0 Å². The SMILES string of the molecule is COc1ccccc1N1CCN(C(c2ccc(C)cc2)c2nnnn2Cc2cccs2)CC1. The molecule has 0 spiro atoms. The summed E-state index contributed by atoms with van der Waals surface area (Å²) in [5.41, 5.74) is 3.61. The zero-order chi connectivity index (χ0) is 22.6. The number of aryl methyl sites for hydroxylation is 1. The Labute approximate surface area is 198 Å². The zero-order valence-electron chi connectivity index (χ0n) is 19.0. The predicted octanol–water partition coefficient (Wildman–Crippen LogP) is 4.01. The monoisotopic (exact) mass is 460 g/mol. The van der Waals surface area contributed by atoms with Crippen LogP contribution < -0.4 is 9.64 Å². The van der Waals surface area contributed by atoms with Gasteiger partial charge in [0.15, 0.2) is 5.82 Å². The van der Waals surface area contributed by atoms with Crippen molar-refractivity contribution in [3.05, 3.63) is 87.9 Å². The average molecular weight is 461 g/mol. The van der Waals surface area contributed by atoms with Gasteiger partial charge in [-0.25, -0.2) is 4.68 Å². The van der Waals surface area contributed by atoms with Crippen LogP contribution in [0.25, 0.3) is 0 Å². The minimum atomic E-state index is 0.000353. The van der Waals surface area contributed by atoms with Crippen molar-refractivity contribution in [3.8, 4) is 5.75 Å². The van der Waals surface area contributed by atoms with Gasteiger partial charge in [-0.15, -0.1) is 16.4 Å². The Morgan fingerprint density at radius 3 is 2.48 bits per heavy atom. The summed E-state index contributed by atoms with van der Waals surface area (Å²) >= 11 is 1.73. The first-order chi connectivity index (χ1) is 16.2. The van der Waals surface area contributed by atoms with Crippen LogP contribution in [0, 0.1) is 6.92 Å². The molecule has 4 aromatic rings. The van der Waals surface area contributed by atoms with E-state index >= 15 is 0 Å². The van der Waals surface area contributed by atoms with Gasteiger partial charge in [0.05, 0.1) is 25.4 Å². The molecule has 1 aliphatic heterocycles. The molecule has 1 atom stereocenters. The molecule has 0 amide bonds. The molecule has 7 nitrogen and oxygen atoms in total. The number of thiophene rings is 1. The van der Waals surface area contributed by atoms with Gasteiger partial charge < -0.3 is 9.64 Å². The molecular weight excluding hydrogens is 432 g/mol. The first-order valence-corrected chi connectivity index (χ1v) is 12.1. The average Bonchev–Trinajstić information content (AvgIpc) is 3.54. The van der Waals surface area contributed by atoms with Crippen LogP contribution in [0.5, 0.6) is 5.75 Å². The maximum atomic E-state index is 5.59. The third-order valence-corrected chi connectivity index (χ3v) is 7.05. The second kappa shape index (κ2) is 9.72. The summed E-state index contributed by atoms with van der Waals surface area (Å²) in [6, 6.07) is 21.2. The lowest BCUT2D eigenvalue weighted by atomic mass is 10.0. The highest BCUT2D eigenvalue weighted by atomic mass is 32.1. The number of aromatic nitrogens is 4. The molecule has 1 saturated heterocycles. The van der Waals surface area contributed by atoms with Crippen molar-refractivity contribution in [1.29, 1.82) is 0 Å². The Hall–Kier alpha value is -3.23. The number of methoxy groups -OCH3 is 1. The van der Waals surface area contributed by atoms with Gasteiger partial charge in [-0.1, -0.05) is 48.0 Å². The van der Waals surface area contributed by atoms with E-state index in [9.17, 15) is 0 Å². The fourth-order valence-electron chi connectivity index (χ4n) is 4.45. The van der Waals surface area contributed by atoms with Crippen molar-refractivity contribution in [3.63, 3.8) is 0 Å². The second-order valence-corrected chi connectivity index (χ2v) is 9.31. The van der Waals surface area contributed by atoms with Gasteiger partial charge in [0.2, 0.25) is 0 Å². The maximum absolute atomic E-state index is 5.59. The van der Waals surface area contributed by atoms with Crippen LogP contribution in [-0.2, 0) is 6.54 Å². The summed E-state index contributed by atoms with van der Waals surface area (Å²) in [5.74, 6) is 1.80. The minimum absolute atomic E-state index is 0.000353. The number of tetrazole rings is 1. The van der Waals surface area contributed by atoms with Gasteiger partial charge >= 0.3 is 0 Å². The van der Waals surface area contributed by atoms with E-state index in [0.29, 0.717) is 6.54 Å². The number of ether oxygens (including phenoxy) is 1. The molecule has 2 aromatic heterocycles. The molecule has 1 aliphatic rings. The van der Waals surface area contributed by atoms with Crippen LogP contribution in [0.2, 0.25) is 0 Å². The molecule has 0 bridgehead atoms. The Balaban J connectivity index is 1.42. The second-order valence-electron chi connectivity index (χ2n) is 8.28. The topological polar surface area (TPSA) is 59.3 Å². The quantitative estimate of drug-likeness (QED) is 0.415. The van der Waals surface area contributed by atoms with Crippen molar-refractivity contribution in [2.24, 2.45) is 0 Å². The smallest absolute Gasteiger partial charge is 0.173 e. The maximum Gasteiger partial charge on any atom is 0.173 e. The number of nitrogens with zero attached hydrogens (tertiary/aromatic N) is 6. The van der Waals surface area contributed by atoms with E-state index in [2.05, 4.69) is 86.2 Å². The predicted molar refractivity (Wildman–Crippen MR) is 131 cm³/mol. The molecule has 0 saturated carbocycles. The fourth-order valence-corrected chi connectivity index (χ4v) is 5.14. The van der Waals surface area contributed by atoms with E-state index in [4.69, 9.17) is 4.74 Å². The van der Waals surface area contributed by atoms with Gasteiger partial charge in [0.1, 0.15) is 5.75 Å². The van der Waals surface area contributed by atoms with Crippen molar-refractivity contribution >= 4 is 17.0 Å². The summed E-state index contributed by atoms with van der Waals surface area (Å²) in [4.78, 5) is 6.13. The first kappa shape index (κ1) is 21.6. The molecule has 170 valence electrons. The van der Waals surface area contributed by atoms with Crippen molar-refractivity contribution in [2.75, 3.05) is 38.2 Å². The summed E-state index contributed by atoms with van der Waals surface area (Å²) in [5, 5.41) is 15.0. The third kappa shape index (κ3) is 4.62. The van der Waals surface area contributed by atoms with Gasteiger partial charge in [0.25, 0.3) is 0 Å². The van der Waals surface area contributed by atoms with E-state index in [0.717, 1.165) is 43.4 Å². The van der Waals surface area contributed by atoms with Crippen LogP contribution >= 0.6 is 11.3 Å². The van der Waals surface area contributed by atoms with E-state index in [1.54, 1.807) is 18.4 Å². The summed E-state index contributed by atoms with van der Waals surface area (Å²) < 4.78 is 7.54. The number of anilines is 1. The largest absolute Gasteiger partial charge is 0.495 e. The highest BCUT2D eigenvalue weighted by molar-refractivity contribution is 7.09. The highest BCUT2D eigenvalue weighted by Gasteiger charge is 2.31. The first-order valence-electron chi connectivity index (χ1n) is 11.2. The Morgan fingerprint density at radius 2 is 1.76 bits per heavy atom. The lowest BCUT2D eigenvalue weighted by Crippen LogP contribution is -2.48. The molecule has 2 aromatic carbocycles. The van der Waals surface area contributed by atoms with Crippen LogP contribution in [0.4, 0.5) is 5.69 Å². The molecule has 3 heterocycles. The number of para-hydroxylation sites is 2. The minimum Gasteiger partial charge on any atom is -0.495 e.